The highest BCUT2D eigenvalue weighted by atomic mass is 32.2. The zero-order valence-corrected chi connectivity index (χ0v) is 17.8. The molecule has 0 radical (unpaired) electrons. The van der Waals surface area contributed by atoms with Crippen molar-refractivity contribution in [3.8, 4) is 0 Å². The van der Waals surface area contributed by atoms with Crippen molar-refractivity contribution in [1.29, 1.82) is 0 Å². The fraction of sp³-hybridized carbons (Fsp3) is 0.182. The minimum Gasteiger partial charge on any atom is -0.345 e. The summed E-state index contributed by atoms with van der Waals surface area (Å²) in [5, 5.41) is 14.4. The Kier molecular flexibility index (Phi) is 7.55. The summed E-state index contributed by atoms with van der Waals surface area (Å²) in [5.41, 5.74) is 2.00. The van der Waals surface area contributed by atoms with E-state index in [2.05, 4.69) is 27.4 Å². The monoisotopic (exact) mass is 439 g/mol. The van der Waals surface area contributed by atoms with Gasteiger partial charge in [-0.15, -0.1) is 16.8 Å². The normalized spacial score (nSPS) is 10.5. The van der Waals surface area contributed by atoms with Gasteiger partial charge in [0, 0.05) is 17.8 Å². The number of carbonyl (C=O) groups excluding carboxylic acids is 2. The summed E-state index contributed by atoms with van der Waals surface area (Å²) in [7, 11) is 0. The third kappa shape index (κ3) is 6.02. The average molecular weight is 440 g/mol. The molecule has 2 aromatic carbocycles. The fourth-order valence-electron chi connectivity index (χ4n) is 2.81. The summed E-state index contributed by atoms with van der Waals surface area (Å²) in [6, 6.07) is 12.9. The van der Waals surface area contributed by atoms with E-state index in [1.54, 1.807) is 16.7 Å². The fourth-order valence-corrected chi connectivity index (χ4v) is 3.58. The molecule has 0 saturated heterocycles. The first-order valence-corrected chi connectivity index (χ1v) is 10.5. The molecule has 1 aromatic heterocycles. The van der Waals surface area contributed by atoms with Crippen LogP contribution in [0.4, 0.5) is 10.1 Å². The van der Waals surface area contributed by atoms with Gasteiger partial charge < -0.3 is 15.2 Å². The minimum atomic E-state index is -0.369. The summed E-state index contributed by atoms with van der Waals surface area (Å²) >= 11 is 1.21. The quantitative estimate of drug-likeness (QED) is 0.393. The van der Waals surface area contributed by atoms with E-state index in [9.17, 15) is 14.0 Å². The number of nitrogens with zero attached hydrogens (tertiary/aromatic N) is 3. The van der Waals surface area contributed by atoms with Crippen molar-refractivity contribution in [3.63, 3.8) is 0 Å². The number of amides is 2. The number of hydrogen-bond acceptors (Lipinski definition) is 5. The van der Waals surface area contributed by atoms with Crippen LogP contribution >= 0.6 is 11.8 Å². The minimum absolute atomic E-state index is 0.0994. The molecule has 0 saturated carbocycles. The molecule has 0 unspecified atom stereocenters. The van der Waals surface area contributed by atoms with E-state index in [1.807, 2.05) is 25.1 Å². The Balaban J connectivity index is 1.61. The number of aryl methyl sites for hydroxylation is 1. The van der Waals surface area contributed by atoms with E-state index in [0.29, 0.717) is 28.8 Å². The Hall–Kier alpha value is -3.46. The molecule has 160 valence electrons. The SMILES string of the molecule is C=CCn1c(CNC(=O)c2ccccc2C)nnc1SCC(=O)Nc1ccc(F)cc1. The molecule has 1 heterocycles. The second-order valence-corrected chi connectivity index (χ2v) is 7.58. The second-order valence-electron chi connectivity index (χ2n) is 6.64. The average Bonchev–Trinajstić information content (AvgIpc) is 3.14. The summed E-state index contributed by atoms with van der Waals surface area (Å²) in [5.74, 6) is -0.157. The zero-order chi connectivity index (χ0) is 22.2. The highest BCUT2D eigenvalue weighted by molar-refractivity contribution is 7.99. The lowest BCUT2D eigenvalue weighted by Crippen LogP contribution is -2.25. The van der Waals surface area contributed by atoms with Crippen LogP contribution in [0.1, 0.15) is 21.7 Å². The number of benzene rings is 2. The lowest BCUT2D eigenvalue weighted by atomic mass is 10.1. The van der Waals surface area contributed by atoms with Crippen molar-refractivity contribution in [3.05, 3.63) is 84.0 Å². The van der Waals surface area contributed by atoms with Crippen molar-refractivity contribution >= 4 is 29.3 Å². The standard InChI is InChI=1S/C22H22FN5O2S/c1-3-12-28-19(13-24-21(30)18-7-5-4-6-15(18)2)26-27-22(28)31-14-20(29)25-17-10-8-16(23)9-11-17/h3-11H,1,12-14H2,2H3,(H,24,30)(H,25,29). The van der Waals surface area contributed by atoms with E-state index < -0.39 is 0 Å². The predicted octanol–water partition coefficient (Wildman–Crippen LogP) is 3.57. The van der Waals surface area contributed by atoms with E-state index in [-0.39, 0.29) is 29.9 Å². The Morgan fingerprint density at radius 2 is 1.90 bits per heavy atom. The molecule has 0 bridgehead atoms. The van der Waals surface area contributed by atoms with Gasteiger partial charge in [0.05, 0.1) is 12.3 Å². The summed E-state index contributed by atoms with van der Waals surface area (Å²) in [6.45, 7) is 6.25. The van der Waals surface area contributed by atoms with Gasteiger partial charge in [0.15, 0.2) is 11.0 Å². The Morgan fingerprint density at radius 1 is 1.16 bits per heavy atom. The molecule has 0 aliphatic heterocycles. The smallest absolute Gasteiger partial charge is 0.251 e. The number of carbonyl (C=O) groups is 2. The van der Waals surface area contributed by atoms with Gasteiger partial charge in [-0.1, -0.05) is 36.0 Å². The molecule has 9 heteroatoms. The van der Waals surface area contributed by atoms with E-state index in [4.69, 9.17) is 0 Å². The molecule has 7 nitrogen and oxygen atoms in total. The maximum absolute atomic E-state index is 13.0. The van der Waals surface area contributed by atoms with Gasteiger partial charge in [-0.05, 0) is 42.8 Å². The number of rotatable bonds is 9. The van der Waals surface area contributed by atoms with Crippen LogP contribution < -0.4 is 10.6 Å². The summed E-state index contributed by atoms with van der Waals surface area (Å²) in [6.07, 6.45) is 1.69. The van der Waals surface area contributed by atoms with E-state index in [1.165, 1.54) is 36.0 Å². The molecule has 0 aliphatic rings. The van der Waals surface area contributed by atoms with Gasteiger partial charge >= 0.3 is 0 Å². The number of anilines is 1. The first kappa shape index (κ1) is 22.2. The number of halogens is 1. The number of allylic oxidation sites excluding steroid dienone is 1. The lowest BCUT2D eigenvalue weighted by Gasteiger charge is -2.10. The van der Waals surface area contributed by atoms with Gasteiger partial charge in [-0.2, -0.15) is 0 Å². The maximum Gasteiger partial charge on any atom is 0.251 e. The third-order valence-electron chi connectivity index (χ3n) is 4.36. The summed E-state index contributed by atoms with van der Waals surface area (Å²) < 4.78 is 14.8. The van der Waals surface area contributed by atoms with Crippen molar-refractivity contribution < 1.29 is 14.0 Å². The number of hydrogen-bond donors (Lipinski definition) is 2. The maximum atomic E-state index is 13.0. The van der Waals surface area contributed by atoms with Crippen molar-refractivity contribution in [2.45, 2.75) is 25.2 Å². The number of nitrogens with one attached hydrogen (secondary N) is 2. The first-order valence-electron chi connectivity index (χ1n) is 9.53. The lowest BCUT2D eigenvalue weighted by molar-refractivity contribution is -0.113. The van der Waals surface area contributed by atoms with Crippen LogP contribution in [0.2, 0.25) is 0 Å². The van der Waals surface area contributed by atoms with Crippen LogP contribution in [0.15, 0.2) is 66.3 Å². The van der Waals surface area contributed by atoms with Crippen molar-refractivity contribution in [2.24, 2.45) is 0 Å². The van der Waals surface area contributed by atoms with Crippen LogP contribution in [-0.4, -0.2) is 32.3 Å². The predicted molar refractivity (Wildman–Crippen MR) is 118 cm³/mol. The highest BCUT2D eigenvalue weighted by Crippen LogP contribution is 2.18. The van der Waals surface area contributed by atoms with Crippen LogP contribution in [0.25, 0.3) is 0 Å². The van der Waals surface area contributed by atoms with E-state index >= 15 is 0 Å². The topological polar surface area (TPSA) is 88.9 Å². The Bertz CT molecular complexity index is 1080. The largest absolute Gasteiger partial charge is 0.345 e. The van der Waals surface area contributed by atoms with Crippen LogP contribution in [-0.2, 0) is 17.9 Å². The van der Waals surface area contributed by atoms with Crippen molar-refractivity contribution in [1.82, 2.24) is 20.1 Å². The molecule has 3 rings (SSSR count). The molecule has 0 fully saturated rings. The van der Waals surface area contributed by atoms with Crippen LogP contribution in [0, 0.1) is 12.7 Å². The molecule has 2 N–H and O–H groups in total. The first-order chi connectivity index (χ1) is 15.0. The number of thioether (sulfide) groups is 1. The number of aromatic nitrogens is 3. The Labute approximate surface area is 183 Å². The van der Waals surface area contributed by atoms with Crippen molar-refractivity contribution in [2.75, 3.05) is 11.1 Å². The van der Waals surface area contributed by atoms with Gasteiger partial charge in [0.25, 0.3) is 5.91 Å². The molecule has 0 atom stereocenters. The van der Waals surface area contributed by atoms with Crippen LogP contribution in [0.3, 0.4) is 0 Å². The molecular formula is C22H22FN5O2S. The van der Waals surface area contributed by atoms with E-state index in [0.717, 1.165) is 5.56 Å². The Morgan fingerprint density at radius 3 is 2.61 bits per heavy atom. The third-order valence-corrected chi connectivity index (χ3v) is 5.33. The molecule has 3 aromatic rings. The molecule has 2 amide bonds. The van der Waals surface area contributed by atoms with Gasteiger partial charge in [-0.3, -0.25) is 9.59 Å². The zero-order valence-electron chi connectivity index (χ0n) is 17.0. The highest BCUT2D eigenvalue weighted by Gasteiger charge is 2.15. The van der Waals surface area contributed by atoms with Crippen LogP contribution in [0.5, 0.6) is 0 Å². The summed E-state index contributed by atoms with van der Waals surface area (Å²) in [4.78, 5) is 24.6. The molecule has 0 aliphatic carbocycles. The molecule has 0 spiro atoms. The molecular weight excluding hydrogens is 417 g/mol. The van der Waals surface area contributed by atoms with Gasteiger partial charge in [0.2, 0.25) is 5.91 Å². The van der Waals surface area contributed by atoms with Gasteiger partial charge in [-0.25, -0.2) is 4.39 Å². The molecule has 31 heavy (non-hydrogen) atoms. The van der Waals surface area contributed by atoms with Gasteiger partial charge in [0.1, 0.15) is 5.82 Å². The second kappa shape index (κ2) is 10.5.